The second kappa shape index (κ2) is 10.1. The van der Waals surface area contributed by atoms with E-state index in [1.807, 2.05) is 30.9 Å². The van der Waals surface area contributed by atoms with Crippen molar-refractivity contribution >= 4 is 29.2 Å². The molecule has 2 heterocycles. The molecule has 2 fully saturated rings. The third-order valence-corrected chi connectivity index (χ3v) is 7.08. The fraction of sp³-hybridized carbons (Fsp3) is 0.560. The first-order chi connectivity index (χ1) is 16.1. The molecule has 2 aliphatic heterocycles. The number of alkyl halides is 2. The van der Waals surface area contributed by atoms with Crippen LogP contribution in [0.1, 0.15) is 43.7 Å². The molecular weight excluding hydrogens is 462 g/mol. The van der Waals surface area contributed by atoms with Gasteiger partial charge in [0, 0.05) is 68.7 Å². The molecule has 1 N–H and O–H groups in total. The fourth-order valence-electron chi connectivity index (χ4n) is 4.93. The molecule has 1 aromatic carbocycles. The number of hydrogen-bond donors (Lipinski definition) is 1. The van der Waals surface area contributed by atoms with Crippen LogP contribution in [0.4, 0.5) is 19.3 Å². The molecule has 0 aromatic heterocycles. The summed E-state index contributed by atoms with van der Waals surface area (Å²) in [5, 5.41) is 3.38. The third kappa shape index (κ3) is 5.80. The van der Waals surface area contributed by atoms with E-state index in [4.69, 9.17) is 11.6 Å². The van der Waals surface area contributed by atoms with Gasteiger partial charge in [0.05, 0.1) is 6.20 Å². The van der Waals surface area contributed by atoms with E-state index in [0.29, 0.717) is 30.3 Å². The second-order valence-electron chi connectivity index (χ2n) is 9.66. The van der Waals surface area contributed by atoms with E-state index in [1.54, 1.807) is 17.2 Å². The molecule has 1 saturated heterocycles. The molecule has 184 valence electrons. The van der Waals surface area contributed by atoms with Crippen molar-refractivity contribution in [2.24, 2.45) is 5.92 Å². The first kappa shape index (κ1) is 24.7. The van der Waals surface area contributed by atoms with Crippen molar-refractivity contribution in [3.8, 4) is 0 Å². The van der Waals surface area contributed by atoms with Crippen LogP contribution in [0.2, 0.25) is 5.02 Å². The largest absolute Gasteiger partial charge is 0.326 e. The van der Waals surface area contributed by atoms with E-state index in [0.717, 1.165) is 30.6 Å². The Bertz CT molecular complexity index is 1020. The lowest BCUT2D eigenvalue weighted by atomic mass is 9.79. The summed E-state index contributed by atoms with van der Waals surface area (Å²) in [4.78, 5) is 31.2. The van der Waals surface area contributed by atoms with Crippen LogP contribution in [0.15, 0.2) is 30.1 Å². The molecule has 1 atom stereocenters. The normalized spacial score (nSPS) is 22.6. The molecule has 34 heavy (non-hydrogen) atoms. The highest BCUT2D eigenvalue weighted by atomic mass is 35.5. The Balaban J connectivity index is 1.35. The lowest BCUT2D eigenvalue weighted by Crippen LogP contribution is -2.56. The van der Waals surface area contributed by atoms with Crippen molar-refractivity contribution < 1.29 is 18.4 Å². The zero-order chi connectivity index (χ0) is 24.5. The van der Waals surface area contributed by atoms with Crippen LogP contribution < -0.4 is 5.32 Å². The maximum Gasteiger partial charge on any atom is 0.324 e. The molecule has 0 radical (unpaired) electrons. The van der Waals surface area contributed by atoms with Gasteiger partial charge < -0.3 is 10.2 Å². The topological polar surface area (TPSA) is 55.9 Å². The van der Waals surface area contributed by atoms with Crippen molar-refractivity contribution in [2.75, 3.05) is 31.5 Å². The second-order valence-corrected chi connectivity index (χ2v) is 10.1. The molecule has 1 aliphatic carbocycles. The van der Waals surface area contributed by atoms with Gasteiger partial charge in [0.15, 0.2) is 0 Å². The van der Waals surface area contributed by atoms with Crippen LogP contribution >= 0.6 is 11.6 Å². The molecule has 3 amide bonds. The number of urea groups is 1. The van der Waals surface area contributed by atoms with Gasteiger partial charge in [-0.25, -0.2) is 13.6 Å². The number of carbonyl (C=O) groups is 2. The minimum atomic E-state index is -2.63. The standard InChI is InChI=1S/C25H31ClF2N4O2/c1-17-15-30(8-9-32(17)24(34)31-6-4-3-5-7-31)16-20-11-21(26)12-22(18(20)2)29-23(33)10-19-13-25(27,28)14-19/h3,7,11-12,17,19H,4,6,8-10,13-16H2,1-2H3,(H,29,33)/t17-/m0/s1. The number of benzene rings is 1. The maximum absolute atomic E-state index is 13.1. The minimum absolute atomic E-state index is 0.0147. The van der Waals surface area contributed by atoms with Crippen molar-refractivity contribution in [3.63, 3.8) is 0 Å². The van der Waals surface area contributed by atoms with Gasteiger partial charge in [-0.2, -0.15) is 0 Å². The predicted molar refractivity (Wildman–Crippen MR) is 128 cm³/mol. The number of amides is 3. The first-order valence-corrected chi connectivity index (χ1v) is 12.2. The molecule has 0 bridgehead atoms. The van der Waals surface area contributed by atoms with E-state index in [9.17, 15) is 18.4 Å². The number of anilines is 1. The van der Waals surface area contributed by atoms with E-state index < -0.39 is 5.92 Å². The number of piperazine rings is 1. The Morgan fingerprint density at radius 3 is 2.65 bits per heavy atom. The summed E-state index contributed by atoms with van der Waals surface area (Å²) < 4.78 is 26.1. The van der Waals surface area contributed by atoms with Crippen molar-refractivity contribution in [1.82, 2.24) is 14.7 Å². The number of rotatable bonds is 5. The molecule has 9 heteroatoms. The van der Waals surface area contributed by atoms with Crippen LogP contribution in [0.25, 0.3) is 0 Å². The SMILES string of the molecule is Cc1c(CN2CCN(C(=O)N3C=C=CCC3)[C@@H](C)C2)cc(Cl)cc1NC(=O)CC1CC(F)(F)C1. The third-order valence-electron chi connectivity index (χ3n) is 6.86. The molecule has 4 rings (SSSR count). The number of halogens is 3. The van der Waals surface area contributed by atoms with E-state index in [1.165, 1.54) is 0 Å². The Morgan fingerprint density at radius 2 is 2.00 bits per heavy atom. The maximum atomic E-state index is 13.1. The molecule has 6 nitrogen and oxygen atoms in total. The highest BCUT2D eigenvalue weighted by Gasteiger charge is 2.45. The molecular formula is C25H31ClF2N4O2. The van der Waals surface area contributed by atoms with Crippen molar-refractivity contribution in [3.05, 3.63) is 46.3 Å². The summed E-state index contributed by atoms with van der Waals surface area (Å²) in [6.45, 7) is 7.38. The number of nitrogens with zero attached hydrogens (tertiary/aromatic N) is 3. The Kier molecular flexibility index (Phi) is 7.31. The summed E-state index contributed by atoms with van der Waals surface area (Å²) in [5.41, 5.74) is 5.52. The summed E-state index contributed by atoms with van der Waals surface area (Å²) in [6.07, 6.45) is 4.10. The summed E-state index contributed by atoms with van der Waals surface area (Å²) in [6, 6.07) is 3.67. The smallest absolute Gasteiger partial charge is 0.324 e. The lowest BCUT2D eigenvalue weighted by Gasteiger charge is -2.41. The number of carbonyl (C=O) groups excluding carboxylic acids is 2. The van der Waals surface area contributed by atoms with Crippen molar-refractivity contribution in [1.29, 1.82) is 0 Å². The molecule has 0 unspecified atom stereocenters. The lowest BCUT2D eigenvalue weighted by molar-refractivity contribution is -0.129. The summed E-state index contributed by atoms with van der Waals surface area (Å²) >= 11 is 6.34. The van der Waals surface area contributed by atoms with E-state index in [2.05, 4.69) is 15.9 Å². The molecule has 0 spiro atoms. The van der Waals surface area contributed by atoms with Gasteiger partial charge in [0.2, 0.25) is 11.8 Å². The Morgan fingerprint density at radius 1 is 1.24 bits per heavy atom. The Labute approximate surface area is 204 Å². The van der Waals surface area contributed by atoms with Crippen molar-refractivity contribution in [2.45, 2.75) is 58.0 Å². The average molecular weight is 493 g/mol. The van der Waals surface area contributed by atoms with Gasteiger partial charge >= 0.3 is 6.03 Å². The van der Waals surface area contributed by atoms with Crippen LogP contribution in [-0.2, 0) is 11.3 Å². The highest BCUT2D eigenvalue weighted by Crippen LogP contribution is 2.44. The van der Waals surface area contributed by atoms with Gasteiger partial charge in [0.1, 0.15) is 0 Å². The van der Waals surface area contributed by atoms with Crippen LogP contribution in [-0.4, -0.2) is 64.8 Å². The van der Waals surface area contributed by atoms with E-state index in [-0.39, 0.29) is 43.2 Å². The minimum Gasteiger partial charge on any atom is -0.326 e. The Hall–Kier alpha value is -2.41. The molecule has 3 aliphatic rings. The van der Waals surface area contributed by atoms with Crippen LogP contribution in [0, 0.1) is 12.8 Å². The highest BCUT2D eigenvalue weighted by molar-refractivity contribution is 6.31. The quantitative estimate of drug-likeness (QED) is 0.587. The average Bonchev–Trinajstić information content (AvgIpc) is 2.76. The van der Waals surface area contributed by atoms with E-state index >= 15 is 0 Å². The van der Waals surface area contributed by atoms with Gasteiger partial charge in [-0.05, 0) is 55.5 Å². The summed E-state index contributed by atoms with van der Waals surface area (Å²) in [5.74, 6) is -3.16. The predicted octanol–water partition coefficient (Wildman–Crippen LogP) is 5.02. The number of nitrogens with one attached hydrogen (secondary N) is 1. The molecule has 1 aromatic rings. The van der Waals surface area contributed by atoms with Gasteiger partial charge in [-0.15, -0.1) is 5.73 Å². The molecule has 1 saturated carbocycles. The van der Waals surface area contributed by atoms with Crippen LogP contribution in [0.5, 0.6) is 0 Å². The zero-order valence-corrected chi connectivity index (χ0v) is 20.4. The van der Waals surface area contributed by atoms with Crippen LogP contribution in [0.3, 0.4) is 0 Å². The first-order valence-electron chi connectivity index (χ1n) is 11.8. The summed E-state index contributed by atoms with van der Waals surface area (Å²) in [7, 11) is 0. The number of hydrogen-bond acceptors (Lipinski definition) is 3. The zero-order valence-electron chi connectivity index (χ0n) is 19.6. The fourth-order valence-corrected chi connectivity index (χ4v) is 5.17. The van der Waals surface area contributed by atoms with Gasteiger partial charge in [0.25, 0.3) is 0 Å². The monoisotopic (exact) mass is 492 g/mol. The van der Waals surface area contributed by atoms with Gasteiger partial charge in [-0.3, -0.25) is 14.6 Å². The van der Waals surface area contributed by atoms with Gasteiger partial charge in [-0.1, -0.05) is 11.6 Å².